The number of nitrogens with zero attached hydrogens (tertiary/aromatic N) is 1. The summed E-state index contributed by atoms with van der Waals surface area (Å²) < 4.78 is 4.87. The number of ether oxygens (including phenoxy) is 1. The van der Waals surface area contributed by atoms with Crippen molar-refractivity contribution in [1.29, 1.82) is 0 Å². The summed E-state index contributed by atoms with van der Waals surface area (Å²) in [6.45, 7) is 1.01. The van der Waals surface area contributed by atoms with E-state index in [0.29, 0.717) is 23.4 Å². The number of urea groups is 1. The van der Waals surface area contributed by atoms with Gasteiger partial charge in [-0.15, -0.1) is 0 Å². The molecule has 0 saturated carbocycles. The van der Waals surface area contributed by atoms with E-state index in [-0.39, 0.29) is 0 Å². The molecule has 0 spiro atoms. The Morgan fingerprint density at radius 1 is 1.21 bits per heavy atom. The van der Waals surface area contributed by atoms with Crippen molar-refractivity contribution in [2.24, 2.45) is 0 Å². The van der Waals surface area contributed by atoms with E-state index in [2.05, 4.69) is 10.7 Å². The molecular weight excluding hydrogens is 382 g/mol. The highest BCUT2D eigenvalue weighted by molar-refractivity contribution is 7.08. The van der Waals surface area contributed by atoms with Crippen LogP contribution < -0.4 is 10.7 Å². The highest BCUT2D eigenvalue weighted by atomic mass is 32.1. The molecule has 4 amide bonds. The Kier molecular flexibility index (Phi) is 5.74. The first-order valence-electron chi connectivity index (χ1n) is 8.58. The molecule has 1 aliphatic heterocycles. The topological polar surface area (TPSA) is 105 Å². The van der Waals surface area contributed by atoms with E-state index in [9.17, 15) is 19.2 Å². The fourth-order valence-electron chi connectivity index (χ4n) is 2.75. The van der Waals surface area contributed by atoms with Gasteiger partial charge in [-0.1, -0.05) is 30.3 Å². The van der Waals surface area contributed by atoms with E-state index in [1.165, 1.54) is 11.3 Å². The van der Waals surface area contributed by atoms with Crippen LogP contribution >= 0.6 is 11.3 Å². The normalized spacial score (nSPS) is 18.7. The number of hydrogen-bond donors (Lipinski definition) is 2. The number of thiophene rings is 1. The summed E-state index contributed by atoms with van der Waals surface area (Å²) in [4.78, 5) is 48.5. The number of carbonyl (C=O) groups excluding carboxylic acids is 4. The molecule has 0 radical (unpaired) electrons. The monoisotopic (exact) mass is 401 g/mol. The van der Waals surface area contributed by atoms with E-state index in [1.54, 1.807) is 23.8 Å². The second kappa shape index (κ2) is 8.22. The molecule has 8 nitrogen and oxygen atoms in total. The van der Waals surface area contributed by atoms with Crippen LogP contribution in [0.4, 0.5) is 4.79 Å². The van der Waals surface area contributed by atoms with Crippen molar-refractivity contribution in [3.63, 3.8) is 0 Å². The standard InChI is InChI=1S/C19H19N3O5S/c1-19(9-7-13-5-3-2-4-6-13)17(25)22(18(26)20-19)21-15(23)11-27-16(24)14-8-10-28-12-14/h2-6,8,10,12H,7,9,11H2,1H3,(H,20,26)(H,21,23)/t19-/m0/s1. The smallest absolute Gasteiger partial charge is 0.344 e. The number of aryl methyl sites for hydroxylation is 1. The van der Waals surface area contributed by atoms with E-state index in [4.69, 9.17) is 4.74 Å². The Morgan fingerprint density at radius 2 is 1.96 bits per heavy atom. The quantitative estimate of drug-likeness (QED) is 0.544. The summed E-state index contributed by atoms with van der Waals surface area (Å²) in [5.41, 5.74) is 2.43. The first-order valence-corrected chi connectivity index (χ1v) is 9.53. The van der Waals surface area contributed by atoms with Crippen molar-refractivity contribution in [3.8, 4) is 0 Å². The molecule has 0 unspecified atom stereocenters. The molecular formula is C19H19N3O5S. The minimum atomic E-state index is -1.13. The molecule has 28 heavy (non-hydrogen) atoms. The SMILES string of the molecule is C[C@@]1(CCc2ccccc2)NC(=O)N(NC(=O)COC(=O)c2ccsc2)C1=O. The molecule has 1 saturated heterocycles. The fraction of sp³-hybridized carbons (Fsp3) is 0.263. The van der Waals surface area contributed by atoms with Gasteiger partial charge in [0, 0.05) is 5.38 Å². The van der Waals surface area contributed by atoms with Gasteiger partial charge in [-0.05, 0) is 36.8 Å². The summed E-state index contributed by atoms with van der Waals surface area (Å²) in [6.07, 6.45) is 0.963. The number of rotatable bonds is 7. The van der Waals surface area contributed by atoms with Gasteiger partial charge in [0.1, 0.15) is 5.54 Å². The van der Waals surface area contributed by atoms with Crippen molar-refractivity contribution in [3.05, 3.63) is 58.3 Å². The molecule has 9 heteroatoms. The largest absolute Gasteiger partial charge is 0.452 e. The molecule has 146 valence electrons. The van der Waals surface area contributed by atoms with Crippen molar-refractivity contribution < 1.29 is 23.9 Å². The second-order valence-electron chi connectivity index (χ2n) is 6.51. The zero-order valence-electron chi connectivity index (χ0n) is 15.1. The Hall–Kier alpha value is -3.20. The molecule has 2 N–H and O–H groups in total. The van der Waals surface area contributed by atoms with Gasteiger partial charge in [0.2, 0.25) is 0 Å². The molecule has 0 bridgehead atoms. The highest BCUT2D eigenvalue weighted by Crippen LogP contribution is 2.22. The molecule has 1 aromatic carbocycles. The summed E-state index contributed by atoms with van der Waals surface area (Å²) in [5.74, 6) is -1.99. The van der Waals surface area contributed by atoms with Crippen molar-refractivity contribution in [2.75, 3.05) is 6.61 Å². The maximum Gasteiger partial charge on any atom is 0.344 e. The molecule has 1 fully saturated rings. The van der Waals surface area contributed by atoms with Gasteiger partial charge in [0.05, 0.1) is 5.56 Å². The van der Waals surface area contributed by atoms with E-state index < -0.39 is 36.0 Å². The maximum atomic E-state index is 12.6. The molecule has 2 aromatic rings. The lowest BCUT2D eigenvalue weighted by Crippen LogP contribution is -2.50. The second-order valence-corrected chi connectivity index (χ2v) is 7.29. The fourth-order valence-corrected chi connectivity index (χ4v) is 3.37. The van der Waals surface area contributed by atoms with Crippen molar-refractivity contribution >= 4 is 35.2 Å². The summed E-state index contributed by atoms with van der Waals surface area (Å²) in [7, 11) is 0. The first-order chi connectivity index (χ1) is 13.4. The number of esters is 1. The van der Waals surface area contributed by atoms with Gasteiger partial charge >= 0.3 is 12.0 Å². The minimum Gasteiger partial charge on any atom is -0.452 e. The molecule has 0 aliphatic carbocycles. The predicted octanol–water partition coefficient (Wildman–Crippen LogP) is 1.88. The van der Waals surface area contributed by atoms with Gasteiger partial charge in [0.15, 0.2) is 6.61 Å². The average molecular weight is 401 g/mol. The number of hydrazine groups is 1. The van der Waals surface area contributed by atoms with Gasteiger partial charge in [-0.2, -0.15) is 16.3 Å². The van der Waals surface area contributed by atoms with Crippen LogP contribution in [0.1, 0.15) is 29.3 Å². The van der Waals surface area contributed by atoms with E-state index in [0.717, 1.165) is 5.56 Å². The van der Waals surface area contributed by atoms with Crippen LogP contribution in [0, 0.1) is 0 Å². The number of nitrogens with one attached hydrogen (secondary N) is 2. The van der Waals surface area contributed by atoms with Crippen LogP contribution in [-0.2, 0) is 20.7 Å². The van der Waals surface area contributed by atoms with Crippen LogP contribution in [0.15, 0.2) is 47.2 Å². The lowest BCUT2D eigenvalue weighted by molar-refractivity contribution is -0.140. The molecule has 3 rings (SSSR count). The Balaban J connectivity index is 1.54. The number of amides is 4. The molecule has 1 aromatic heterocycles. The highest BCUT2D eigenvalue weighted by Gasteiger charge is 2.48. The van der Waals surface area contributed by atoms with Gasteiger partial charge in [-0.3, -0.25) is 15.0 Å². The van der Waals surface area contributed by atoms with Gasteiger partial charge < -0.3 is 10.1 Å². The van der Waals surface area contributed by atoms with Crippen LogP contribution in [-0.4, -0.2) is 41.0 Å². The molecule has 2 heterocycles. The average Bonchev–Trinajstić information content (AvgIpc) is 3.29. The van der Waals surface area contributed by atoms with Crippen LogP contribution in [0.5, 0.6) is 0 Å². The number of imide groups is 1. The third-order valence-electron chi connectivity index (χ3n) is 4.35. The van der Waals surface area contributed by atoms with E-state index >= 15 is 0 Å². The van der Waals surface area contributed by atoms with E-state index in [1.807, 2.05) is 30.3 Å². The lowest BCUT2D eigenvalue weighted by Gasteiger charge is -2.21. The third-order valence-corrected chi connectivity index (χ3v) is 5.03. The third kappa shape index (κ3) is 4.37. The number of hydrogen-bond acceptors (Lipinski definition) is 6. The Bertz CT molecular complexity index is 884. The summed E-state index contributed by atoms with van der Waals surface area (Å²) in [5, 5.41) is 6.54. The minimum absolute atomic E-state index is 0.335. The molecule has 1 atom stereocenters. The number of benzene rings is 1. The zero-order valence-corrected chi connectivity index (χ0v) is 16.0. The molecule has 1 aliphatic rings. The maximum absolute atomic E-state index is 12.6. The first kappa shape index (κ1) is 19.6. The summed E-state index contributed by atoms with van der Waals surface area (Å²) in [6, 6.07) is 10.4. The number of carbonyl (C=O) groups is 4. The van der Waals surface area contributed by atoms with Gasteiger partial charge in [-0.25, -0.2) is 9.59 Å². The van der Waals surface area contributed by atoms with Crippen LogP contribution in [0.25, 0.3) is 0 Å². The lowest BCUT2D eigenvalue weighted by atomic mass is 9.93. The van der Waals surface area contributed by atoms with Crippen LogP contribution in [0.3, 0.4) is 0 Å². The Morgan fingerprint density at radius 3 is 2.64 bits per heavy atom. The van der Waals surface area contributed by atoms with Crippen LogP contribution in [0.2, 0.25) is 0 Å². The predicted molar refractivity (Wildman–Crippen MR) is 101 cm³/mol. The van der Waals surface area contributed by atoms with Crippen molar-refractivity contribution in [1.82, 2.24) is 15.8 Å². The van der Waals surface area contributed by atoms with Gasteiger partial charge in [0.25, 0.3) is 11.8 Å². The zero-order chi connectivity index (χ0) is 20.1. The summed E-state index contributed by atoms with van der Waals surface area (Å²) >= 11 is 1.32. The Labute approximate surface area is 165 Å². The van der Waals surface area contributed by atoms with Crippen molar-refractivity contribution in [2.45, 2.75) is 25.3 Å².